The molecule has 8 nitrogen and oxygen atoms in total. The summed E-state index contributed by atoms with van der Waals surface area (Å²) in [6.07, 6.45) is 3.93. The summed E-state index contributed by atoms with van der Waals surface area (Å²) >= 11 is 0. The number of carbonyl (C=O) groups is 1. The van der Waals surface area contributed by atoms with Gasteiger partial charge in [0.2, 0.25) is 0 Å². The first-order valence-electron chi connectivity index (χ1n) is 13.4. The summed E-state index contributed by atoms with van der Waals surface area (Å²) < 4.78 is 2.16. The lowest BCUT2D eigenvalue weighted by atomic mass is 9.85. The van der Waals surface area contributed by atoms with Crippen molar-refractivity contribution in [1.29, 1.82) is 5.26 Å². The lowest BCUT2D eigenvalue weighted by Crippen LogP contribution is -2.35. The molecule has 0 unspecified atom stereocenters. The molecule has 1 aromatic carbocycles. The van der Waals surface area contributed by atoms with Crippen molar-refractivity contribution < 1.29 is 4.79 Å². The second-order valence-electron chi connectivity index (χ2n) is 10.7. The van der Waals surface area contributed by atoms with Crippen molar-refractivity contribution in [1.82, 2.24) is 24.3 Å². The number of pyridine rings is 2. The number of aromatic nitrogens is 3. The highest BCUT2D eigenvalue weighted by molar-refractivity contribution is 5.95. The van der Waals surface area contributed by atoms with Gasteiger partial charge in [0, 0.05) is 55.6 Å². The summed E-state index contributed by atoms with van der Waals surface area (Å²) in [4.78, 5) is 25.4. The lowest BCUT2D eigenvalue weighted by molar-refractivity contribution is 0.0827. The van der Waals surface area contributed by atoms with Gasteiger partial charge >= 0.3 is 0 Å². The molecule has 0 aliphatic carbocycles. The third kappa shape index (κ3) is 4.86. The summed E-state index contributed by atoms with van der Waals surface area (Å²) in [6.45, 7) is 6.36. The van der Waals surface area contributed by atoms with Crippen LogP contribution >= 0.6 is 0 Å². The van der Waals surface area contributed by atoms with Crippen molar-refractivity contribution in [3.8, 4) is 17.2 Å². The van der Waals surface area contributed by atoms with E-state index in [-0.39, 0.29) is 11.9 Å². The fourth-order valence-electron chi connectivity index (χ4n) is 5.96. The van der Waals surface area contributed by atoms with Gasteiger partial charge in [-0.3, -0.25) is 9.69 Å². The number of fused-ring (bicyclic) bond motifs is 1. The number of carbonyl (C=O) groups excluding carboxylic acids is 1. The molecular formula is C31H35N7O. The van der Waals surface area contributed by atoms with E-state index in [9.17, 15) is 10.1 Å². The Bertz CT molecular complexity index is 1590. The van der Waals surface area contributed by atoms with Crippen molar-refractivity contribution in [3.63, 3.8) is 0 Å². The molecule has 1 aliphatic rings. The van der Waals surface area contributed by atoms with E-state index in [1.54, 1.807) is 31.3 Å². The molecule has 8 heteroatoms. The molecule has 0 spiro atoms. The summed E-state index contributed by atoms with van der Waals surface area (Å²) in [5.41, 5.74) is 13.2. The Labute approximate surface area is 229 Å². The first kappa shape index (κ1) is 26.4. The van der Waals surface area contributed by atoms with Crippen LogP contribution in [0.4, 0.5) is 5.82 Å². The molecule has 4 heterocycles. The Morgan fingerprint density at radius 1 is 1.13 bits per heavy atom. The number of hydrogen-bond acceptors (Lipinski definition) is 6. The van der Waals surface area contributed by atoms with E-state index in [4.69, 9.17) is 5.73 Å². The molecular weight excluding hydrogens is 486 g/mol. The molecule has 0 saturated carbocycles. The predicted molar refractivity (Wildman–Crippen MR) is 154 cm³/mol. The van der Waals surface area contributed by atoms with Crippen molar-refractivity contribution in [2.75, 3.05) is 32.9 Å². The number of amides is 1. The maximum Gasteiger partial charge on any atom is 0.253 e. The van der Waals surface area contributed by atoms with E-state index in [2.05, 4.69) is 58.5 Å². The number of anilines is 1. The summed E-state index contributed by atoms with van der Waals surface area (Å²) in [5, 5.41) is 10.7. The normalized spacial score (nSPS) is 15.3. The molecule has 2 N–H and O–H groups in total. The molecule has 200 valence electrons. The topological polar surface area (TPSA) is 104 Å². The first-order chi connectivity index (χ1) is 18.7. The van der Waals surface area contributed by atoms with Crippen molar-refractivity contribution >= 4 is 22.8 Å². The van der Waals surface area contributed by atoms with Gasteiger partial charge in [0.15, 0.2) is 5.69 Å². The van der Waals surface area contributed by atoms with E-state index >= 15 is 0 Å². The molecule has 1 fully saturated rings. The maximum atomic E-state index is 12.4. The maximum absolute atomic E-state index is 12.4. The van der Waals surface area contributed by atoms with E-state index in [0.29, 0.717) is 17.4 Å². The molecule has 0 bridgehead atoms. The number of benzene rings is 1. The zero-order valence-electron chi connectivity index (χ0n) is 23.3. The Morgan fingerprint density at radius 3 is 2.54 bits per heavy atom. The van der Waals surface area contributed by atoms with E-state index in [0.717, 1.165) is 53.7 Å². The van der Waals surface area contributed by atoms with Crippen LogP contribution in [-0.4, -0.2) is 57.4 Å². The number of hydrogen-bond donors (Lipinski definition) is 1. The van der Waals surface area contributed by atoms with Gasteiger partial charge in [0.05, 0.1) is 0 Å². The fraction of sp³-hybridized carbons (Fsp3) is 0.355. The Balaban J connectivity index is 1.37. The number of likely N-dealkylation sites (tertiary alicyclic amines) is 1. The Kier molecular flexibility index (Phi) is 7.11. The number of nitrogen functional groups attached to an aromatic ring is 1. The first-order valence-corrected chi connectivity index (χ1v) is 13.4. The lowest BCUT2D eigenvalue weighted by Gasteiger charge is -2.37. The monoisotopic (exact) mass is 521 g/mol. The van der Waals surface area contributed by atoms with Gasteiger partial charge in [-0.2, -0.15) is 5.26 Å². The highest BCUT2D eigenvalue weighted by atomic mass is 16.2. The van der Waals surface area contributed by atoms with Gasteiger partial charge in [0.25, 0.3) is 5.91 Å². The minimum absolute atomic E-state index is 0.0393. The van der Waals surface area contributed by atoms with Crippen molar-refractivity contribution in [3.05, 3.63) is 76.7 Å². The van der Waals surface area contributed by atoms with Crippen molar-refractivity contribution in [2.24, 2.45) is 7.05 Å². The van der Waals surface area contributed by atoms with Gasteiger partial charge in [-0.05, 0) is 98.8 Å². The fourth-order valence-corrected chi connectivity index (χ4v) is 5.96. The van der Waals surface area contributed by atoms with E-state index in [1.807, 2.05) is 24.3 Å². The average Bonchev–Trinajstić information content (AvgIpc) is 3.28. The minimum atomic E-state index is 0.0393. The summed E-state index contributed by atoms with van der Waals surface area (Å²) in [7, 11) is 5.63. The highest BCUT2D eigenvalue weighted by Gasteiger charge is 2.28. The van der Waals surface area contributed by atoms with Crippen LogP contribution in [-0.2, 0) is 7.05 Å². The number of piperidine rings is 1. The molecule has 5 rings (SSSR count). The predicted octanol–water partition coefficient (Wildman–Crippen LogP) is 5.04. The van der Waals surface area contributed by atoms with Crippen LogP contribution in [0.2, 0.25) is 0 Å². The third-order valence-electron chi connectivity index (χ3n) is 8.15. The van der Waals surface area contributed by atoms with E-state index < -0.39 is 0 Å². The zero-order valence-corrected chi connectivity index (χ0v) is 23.3. The SMILES string of the molecule is Cc1cc(C(=O)N(C)C)ccc1C1CCN([C@H](C)c2cc3c(-c4ccc(N)nc4C#N)ccnc3n2C)CC1. The quantitative estimate of drug-likeness (QED) is 0.395. The van der Waals surface area contributed by atoms with Crippen LogP contribution in [0.15, 0.2) is 48.7 Å². The second-order valence-corrected chi connectivity index (χ2v) is 10.7. The number of nitrogens with zero attached hydrogens (tertiary/aromatic N) is 6. The number of nitrogens with two attached hydrogens (primary N) is 1. The van der Waals surface area contributed by atoms with Crippen LogP contribution in [0.3, 0.4) is 0 Å². The number of rotatable bonds is 5. The Hall–Kier alpha value is -4.22. The van der Waals surface area contributed by atoms with Gasteiger partial charge in [-0.15, -0.1) is 0 Å². The highest BCUT2D eigenvalue weighted by Crippen LogP contribution is 2.37. The van der Waals surface area contributed by atoms with Gasteiger partial charge in [-0.1, -0.05) is 6.07 Å². The van der Waals surface area contributed by atoms with Crippen LogP contribution in [0.5, 0.6) is 0 Å². The molecule has 3 aromatic heterocycles. The van der Waals surface area contributed by atoms with Gasteiger partial charge in [0.1, 0.15) is 17.5 Å². The van der Waals surface area contributed by atoms with Gasteiger partial charge in [-0.25, -0.2) is 9.97 Å². The Morgan fingerprint density at radius 2 is 1.87 bits per heavy atom. The largest absolute Gasteiger partial charge is 0.384 e. The summed E-state index contributed by atoms with van der Waals surface area (Å²) in [5.74, 6) is 0.858. The zero-order chi connectivity index (χ0) is 27.8. The molecule has 0 radical (unpaired) electrons. The summed E-state index contributed by atoms with van der Waals surface area (Å²) in [6, 6.07) is 16.3. The van der Waals surface area contributed by atoms with Crippen molar-refractivity contribution in [2.45, 2.75) is 38.6 Å². The molecule has 1 amide bonds. The average molecular weight is 522 g/mol. The smallest absolute Gasteiger partial charge is 0.253 e. The standard InChI is InChI=1S/C31H35N7O/c1-19-16-22(31(39)36(3)4)6-7-23(19)21-11-14-38(15-12-21)20(2)28-17-26-24(10-13-34-30(26)37(28)5)25-8-9-29(33)35-27(25)18-32/h6-10,13,16-17,20-21H,11-12,14-15H2,1-5H3,(H2,33,35)/t20-/m1/s1. The van der Waals surface area contributed by atoms with E-state index in [1.165, 1.54) is 16.8 Å². The molecule has 4 aromatic rings. The molecule has 1 saturated heterocycles. The number of aryl methyl sites for hydroxylation is 2. The molecule has 1 atom stereocenters. The number of nitriles is 1. The third-order valence-corrected chi connectivity index (χ3v) is 8.15. The molecule has 39 heavy (non-hydrogen) atoms. The second kappa shape index (κ2) is 10.5. The minimum Gasteiger partial charge on any atom is -0.384 e. The van der Waals surface area contributed by atoms with Crippen LogP contribution in [0, 0.1) is 18.3 Å². The molecule has 1 aliphatic heterocycles. The van der Waals surface area contributed by atoms with Gasteiger partial charge < -0.3 is 15.2 Å². The van der Waals surface area contributed by atoms with Crippen LogP contribution in [0.25, 0.3) is 22.2 Å². The van der Waals surface area contributed by atoms with Crippen LogP contribution < -0.4 is 5.73 Å². The van der Waals surface area contributed by atoms with Crippen LogP contribution in [0.1, 0.15) is 64.6 Å².